The Kier molecular flexibility index (Phi) is 5.90. The van der Waals surface area contributed by atoms with Gasteiger partial charge in [-0.25, -0.2) is 13.8 Å². The maximum atomic E-state index is 16.7. The van der Waals surface area contributed by atoms with E-state index in [1.165, 1.54) is 0 Å². The lowest BCUT2D eigenvalue weighted by molar-refractivity contribution is 0.107. The average molecular weight is 557 g/mol. The van der Waals surface area contributed by atoms with Crippen LogP contribution in [0.4, 0.5) is 14.6 Å². The van der Waals surface area contributed by atoms with Crippen molar-refractivity contribution in [2.45, 2.75) is 62.8 Å². The van der Waals surface area contributed by atoms with Crippen molar-refractivity contribution >= 4 is 27.5 Å². The third-order valence-corrected chi connectivity index (χ3v) is 9.72. The molecular weight excluding hydrogens is 522 g/mol. The van der Waals surface area contributed by atoms with Gasteiger partial charge in [-0.1, -0.05) is 42.5 Å². The molecule has 2 bridgehead atoms. The van der Waals surface area contributed by atoms with Crippen LogP contribution < -0.4 is 15.0 Å². The van der Waals surface area contributed by atoms with Crippen LogP contribution in [-0.4, -0.2) is 76.4 Å². The Labute approximate surface area is 237 Å². The molecule has 2 aromatic carbocycles. The molecule has 1 N–H and O–H groups in total. The van der Waals surface area contributed by atoms with Crippen LogP contribution in [0.2, 0.25) is 0 Å². The Morgan fingerprint density at radius 2 is 1.83 bits per heavy atom. The van der Waals surface area contributed by atoms with Gasteiger partial charge >= 0.3 is 6.01 Å². The first kappa shape index (κ1) is 25.3. The van der Waals surface area contributed by atoms with Crippen LogP contribution in [0.1, 0.15) is 37.8 Å². The van der Waals surface area contributed by atoms with Gasteiger partial charge in [-0.15, -0.1) is 0 Å². The normalized spacial score (nSPS) is 27.7. The zero-order valence-corrected chi connectivity index (χ0v) is 23.2. The minimum absolute atomic E-state index is 0.148. The topological polar surface area (TPSA) is 66.4 Å². The van der Waals surface area contributed by atoms with Gasteiger partial charge in [-0.2, -0.15) is 9.97 Å². The van der Waals surface area contributed by atoms with Crippen LogP contribution in [-0.2, 0) is 0 Å². The Morgan fingerprint density at radius 1 is 1.02 bits per heavy atom. The van der Waals surface area contributed by atoms with Crippen molar-refractivity contribution in [1.29, 1.82) is 0 Å². The summed E-state index contributed by atoms with van der Waals surface area (Å²) in [6.07, 6.45) is 3.75. The minimum Gasteiger partial charge on any atom is -0.461 e. The molecule has 0 saturated carbocycles. The summed E-state index contributed by atoms with van der Waals surface area (Å²) in [6, 6.07) is 14.7. The number of hydrogen-bond donors (Lipinski definition) is 1. The van der Waals surface area contributed by atoms with E-state index in [2.05, 4.69) is 15.1 Å². The number of alkyl halides is 1. The number of aromatic nitrogens is 3. The molecule has 4 fully saturated rings. The van der Waals surface area contributed by atoms with Gasteiger partial charge in [-0.3, -0.25) is 4.90 Å². The van der Waals surface area contributed by atoms with Gasteiger partial charge < -0.3 is 15.0 Å². The number of aryl methyl sites for hydroxylation is 1. The monoisotopic (exact) mass is 556 g/mol. The standard InChI is InChI=1S/C32H34F2N6O/c1-19-26-29(27(34)28(35-19)25-9-4-7-20-6-2-3-8-24(20)25)37-31(38-30(26)39-16-22-10-11-23(17-39)36-22)41-18-32-12-5-13-40(32)15-21(33)14-32/h2-4,6-9,21-23,36H,5,10-18H2,1H3/t21-,22?,23?,32+/m1/s1. The Hall–Kier alpha value is -3.43. The molecule has 6 heterocycles. The van der Waals surface area contributed by atoms with E-state index in [1.807, 2.05) is 49.4 Å². The first-order valence-corrected chi connectivity index (χ1v) is 14.9. The molecule has 0 radical (unpaired) electrons. The summed E-state index contributed by atoms with van der Waals surface area (Å²) in [4.78, 5) is 18.9. The van der Waals surface area contributed by atoms with Crippen LogP contribution in [0.15, 0.2) is 42.5 Å². The molecule has 4 aromatic rings. The third kappa shape index (κ3) is 4.15. The smallest absolute Gasteiger partial charge is 0.319 e. The number of halogens is 2. The molecule has 4 atom stereocenters. The van der Waals surface area contributed by atoms with E-state index in [1.54, 1.807) is 0 Å². The summed E-state index contributed by atoms with van der Waals surface area (Å²) in [5.41, 5.74) is 1.58. The molecule has 0 spiro atoms. The van der Waals surface area contributed by atoms with Crippen molar-refractivity contribution in [3.8, 4) is 17.3 Å². The van der Waals surface area contributed by atoms with Gasteiger partial charge in [0.15, 0.2) is 5.82 Å². The molecule has 4 saturated heterocycles. The quantitative estimate of drug-likeness (QED) is 0.363. The largest absolute Gasteiger partial charge is 0.461 e. The van der Waals surface area contributed by atoms with Crippen LogP contribution in [0, 0.1) is 12.7 Å². The number of nitrogens with one attached hydrogen (secondary N) is 1. The molecule has 0 aliphatic carbocycles. The number of pyridine rings is 1. The van der Waals surface area contributed by atoms with E-state index in [0.717, 1.165) is 61.7 Å². The summed E-state index contributed by atoms with van der Waals surface area (Å²) < 4.78 is 37.4. The Balaban J connectivity index is 1.26. The predicted molar refractivity (Wildman–Crippen MR) is 156 cm³/mol. The molecule has 41 heavy (non-hydrogen) atoms. The van der Waals surface area contributed by atoms with Crippen molar-refractivity contribution in [3.63, 3.8) is 0 Å². The van der Waals surface area contributed by atoms with E-state index >= 15 is 4.39 Å². The molecule has 0 amide bonds. The maximum Gasteiger partial charge on any atom is 0.319 e. The van der Waals surface area contributed by atoms with Crippen LogP contribution in [0.5, 0.6) is 6.01 Å². The SMILES string of the molecule is Cc1nc(-c2cccc3ccccc23)c(F)c2nc(OC[C@@]34CCCN3C[C@H](F)C4)nc(N3CC4CCC(C3)N4)c12. The predicted octanol–water partition coefficient (Wildman–Crippen LogP) is 5.19. The van der Waals surface area contributed by atoms with Crippen molar-refractivity contribution in [2.75, 3.05) is 37.7 Å². The van der Waals surface area contributed by atoms with Crippen molar-refractivity contribution in [2.24, 2.45) is 0 Å². The summed E-state index contributed by atoms with van der Waals surface area (Å²) in [7, 11) is 0. The van der Waals surface area contributed by atoms with Gasteiger partial charge in [0.2, 0.25) is 0 Å². The highest BCUT2D eigenvalue weighted by Gasteiger charge is 2.49. The molecule has 4 aliphatic rings. The fourth-order valence-corrected chi connectivity index (χ4v) is 7.83. The van der Waals surface area contributed by atoms with Gasteiger partial charge in [0, 0.05) is 43.7 Å². The zero-order chi connectivity index (χ0) is 27.7. The molecular formula is C32H34F2N6O. The average Bonchev–Trinajstić information content (AvgIpc) is 3.63. The van der Waals surface area contributed by atoms with Crippen molar-refractivity contribution in [3.05, 3.63) is 54.0 Å². The summed E-state index contributed by atoms with van der Waals surface area (Å²) in [5.74, 6) is 0.200. The first-order valence-electron chi connectivity index (χ1n) is 14.9. The lowest BCUT2D eigenvalue weighted by atomic mass is 9.95. The maximum absolute atomic E-state index is 16.7. The Morgan fingerprint density at radius 3 is 2.68 bits per heavy atom. The number of nitrogens with zero attached hydrogens (tertiary/aromatic N) is 5. The highest BCUT2D eigenvalue weighted by atomic mass is 19.1. The summed E-state index contributed by atoms with van der Waals surface area (Å²) >= 11 is 0. The number of fused-ring (bicyclic) bond motifs is 5. The number of benzene rings is 2. The van der Waals surface area contributed by atoms with E-state index in [-0.39, 0.29) is 22.8 Å². The minimum atomic E-state index is -0.849. The van der Waals surface area contributed by atoms with Gasteiger partial charge in [-0.05, 0) is 49.9 Å². The second-order valence-electron chi connectivity index (χ2n) is 12.3. The number of rotatable bonds is 5. The van der Waals surface area contributed by atoms with Crippen LogP contribution >= 0.6 is 0 Å². The van der Waals surface area contributed by atoms with E-state index in [0.29, 0.717) is 48.6 Å². The molecule has 4 aliphatic heterocycles. The molecule has 7 nitrogen and oxygen atoms in total. The van der Waals surface area contributed by atoms with Gasteiger partial charge in [0.05, 0.1) is 16.6 Å². The summed E-state index contributed by atoms with van der Waals surface area (Å²) in [5, 5.41) is 6.26. The lowest BCUT2D eigenvalue weighted by Gasteiger charge is -2.35. The van der Waals surface area contributed by atoms with E-state index in [9.17, 15) is 4.39 Å². The lowest BCUT2D eigenvalue weighted by Crippen LogP contribution is -2.51. The number of anilines is 1. The second kappa shape index (κ2) is 9.56. The highest BCUT2D eigenvalue weighted by molar-refractivity contribution is 6.00. The molecule has 8 rings (SSSR count). The third-order valence-electron chi connectivity index (χ3n) is 9.72. The number of hydrogen-bond acceptors (Lipinski definition) is 7. The molecule has 2 aromatic heterocycles. The second-order valence-corrected chi connectivity index (χ2v) is 12.3. The van der Waals surface area contributed by atoms with Gasteiger partial charge in [0.1, 0.15) is 29.8 Å². The highest BCUT2D eigenvalue weighted by Crippen LogP contribution is 2.41. The number of ether oxygens (including phenoxy) is 1. The summed E-state index contributed by atoms with van der Waals surface area (Å²) in [6.45, 7) is 5.11. The van der Waals surface area contributed by atoms with E-state index in [4.69, 9.17) is 19.7 Å². The van der Waals surface area contributed by atoms with Crippen LogP contribution in [0.25, 0.3) is 32.9 Å². The number of piperazine rings is 1. The fourth-order valence-electron chi connectivity index (χ4n) is 7.83. The fraction of sp³-hybridized carbons (Fsp3) is 0.469. The van der Waals surface area contributed by atoms with Gasteiger partial charge in [0.25, 0.3) is 0 Å². The zero-order valence-electron chi connectivity index (χ0n) is 23.2. The van der Waals surface area contributed by atoms with Crippen molar-refractivity contribution in [1.82, 2.24) is 25.2 Å². The molecule has 9 heteroatoms. The molecule has 212 valence electrons. The first-order chi connectivity index (χ1) is 20.0. The molecule has 2 unspecified atom stereocenters. The van der Waals surface area contributed by atoms with E-state index < -0.39 is 12.0 Å². The Bertz CT molecular complexity index is 1650. The van der Waals surface area contributed by atoms with Crippen molar-refractivity contribution < 1.29 is 13.5 Å². The van der Waals surface area contributed by atoms with Crippen LogP contribution in [0.3, 0.4) is 0 Å².